The number of carbonyl (C=O) groups is 4. The van der Waals surface area contributed by atoms with Gasteiger partial charge in [0.1, 0.15) is 11.2 Å². The first-order valence-electron chi connectivity index (χ1n) is 13.9. The van der Waals surface area contributed by atoms with Crippen molar-refractivity contribution in [3.63, 3.8) is 0 Å². The molecule has 11 nitrogen and oxygen atoms in total. The van der Waals surface area contributed by atoms with Crippen LogP contribution in [0.3, 0.4) is 0 Å². The van der Waals surface area contributed by atoms with E-state index in [0.29, 0.717) is 39.0 Å². The van der Waals surface area contributed by atoms with Crippen LogP contribution < -0.4 is 5.32 Å². The van der Waals surface area contributed by atoms with Gasteiger partial charge in [-0.3, -0.25) is 14.0 Å². The molecule has 2 heterocycles. The molecule has 0 atom stereocenters. The molecule has 0 bridgehead atoms. The average molecular weight is 566 g/mol. The van der Waals surface area contributed by atoms with Gasteiger partial charge in [-0.1, -0.05) is 0 Å². The van der Waals surface area contributed by atoms with Crippen molar-refractivity contribution in [2.45, 2.75) is 78.4 Å². The molecule has 230 valence electrons. The van der Waals surface area contributed by atoms with Crippen molar-refractivity contribution in [2.75, 3.05) is 61.5 Å². The second kappa shape index (κ2) is 18.6. The van der Waals surface area contributed by atoms with Gasteiger partial charge in [0.25, 0.3) is 0 Å². The quantitative estimate of drug-likeness (QED) is 0.517. The number of aliphatic carboxylic acids is 1. The van der Waals surface area contributed by atoms with Crippen LogP contribution >= 0.6 is 0 Å². The maximum absolute atomic E-state index is 11.8. The van der Waals surface area contributed by atoms with Gasteiger partial charge in [0, 0.05) is 46.2 Å². The van der Waals surface area contributed by atoms with Gasteiger partial charge in [-0.05, 0) is 81.3 Å². The maximum atomic E-state index is 11.8. The van der Waals surface area contributed by atoms with Gasteiger partial charge in [0.2, 0.25) is 5.91 Å². The van der Waals surface area contributed by atoms with Gasteiger partial charge in [-0.25, -0.2) is 9.59 Å². The Balaban J connectivity index is 0. The number of alkyl halides is 1. The smallest absolute Gasteiger partial charge is 0.410 e. The summed E-state index contributed by atoms with van der Waals surface area (Å²) in [7, 11) is 6.28. The number of likely N-dealkylation sites (tertiary alicyclic amines) is 2. The van der Waals surface area contributed by atoms with Gasteiger partial charge in [-0.15, -0.1) is 0 Å². The molecule has 0 spiro atoms. The Morgan fingerprint density at radius 2 is 1.10 bits per heavy atom. The topological polar surface area (TPSA) is 129 Å². The first-order chi connectivity index (χ1) is 18.3. The van der Waals surface area contributed by atoms with E-state index in [2.05, 4.69) is 5.32 Å². The van der Waals surface area contributed by atoms with Crippen LogP contribution in [0.4, 0.5) is 14.0 Å². The first kappa shape index (κ1) is 36.4. The molecule has 2 aliphatic rings. The largest absolute Gasteiger partial charge is 0.481 e. The summed E-state index contributed by atoms with van der Waals surface area (Å²) in [5.74, 6) is -0.903. The molecule has 0 aliphatic carbocycles. The average Bonchev–Trinajstić information content (AvgIpc) is 2.83. The Morgan fingerprint density at radius 3 is 1.33 bits per heavy atom. The van der Waals surface area contributed by atoms with Crippen molar-refractivity contribution in [1.82, 2.24) is 20.0 Å². The highest BCUT2D eigenvalue weighted by atomic mass is 19.1. The summed E-state index contributed by atoms with van der Waals surface area (Å²) >= 11 is 0. The van der Waals surface area contributed by atoms with Gasteiger partial charge < -0.3 is 34.6 Å². The minimum Gasteiger partial charge on any atom is -0.481 e. The number of hydrogen-bond donors (Lipinski definition) is 2. The molecule has 12 heteroatoms. The zero-order valence-electron chi connectivity index (χ0n) is 26.6. The van der Waals surface area contributed by atoms with Gasteiger partial charge in [0.15, 0.2) is 0 Å². The van der Waals surface area contributed by atoms with Crippen molar-refractivity contribution in [3.8, 4) is 0 Å². The molecule has 0 radical (unpaired) electrons. The predicted molar refractivity (Wildman–Crippen MR) is 149 cm³/mol. The van der Waals surface area contributed by atoms with Crippen molar-refractivity contribution in [1.29, 1.82) is 0 Å². The number of halogens is 1. The lowest BCUT2D eigenvalue weighted by molar-refractivity contribution is -0.143. The molecule has 3 amide bonds. The fourth-order valence-electron chi connectivity index (χ4n) is 3.64. The third-order valence-electron chi connectivity index (χ3n) is 5.43. The van der Waals surface area contributed by atoms with Gasteiger partial charge in [-0.2, -0.15) is 0 Å². The van der Waals surface area contributed by atoms with E-state index in [1.165, 1.54) is 0 Å². The summed E-state index contributed by atoms with van der Waals surface area (Å²) in [6.07, 6.45) is 1.82. The van der Waals surface area contributed by atoms with Gasteiger partial charge >= 0.3 is 18.2 Å². The monoisotopic (exact) mass is 565 g/mol. The highest BCUT2D eigenvalue weighted by molar-refractivity contribution is 5.78. The minimum atomic E-state index is -1.00. The summed E-state index contributed by atoms with van der Waals surface area (Å²) in [5.41, 5.74) is -0.964. The summed E-state index contributed by atoms with van der Waals surface area (Å²) < 4.78 is 26.0. The lowest BCUT2D eigenvalue weighted by Crippen LogP contribution is -2.44. The predicted octanol–water partition coefficient (Wildman–Crippen LogP) is 3.86. The van der Waals surface area contributed by atoms with Crippen molar-refractivity contribution in [2.24, 2.45) is 11.8 Å². The Morgan fingerprint density at radius 1 is 0.821 bits per heavy atom. The third-order valence-corrected chi connectivity index (χ3v) is 5.43. The fraction of sp³-hybridized carbons (Fsp3) is 0.852. The molecule has 0 saturated carbocycles. The molecule has 2 aliphatic heterocycles. The maximum Gasteiger partial charge on any atom is 0.410 e. The number of piperidine rings is 2. The Bertz CT molecular complexity index is 755. The van der Waals surface area contributed by atoms with Crippen LogP contribution in [0.1, 0.15) is 68.6 Å². The standard InChI is InChI=1S/C13H24N2O3.C11H19NO4.C2H7N.CH3F/c1-13(2,3)18-12(17)15-8-6-10(7-9-15)11(16)14(4)5;1-11(2,3)16-10(15)12-6-4-8(5-7-12)9(13)14;1-3-2;1-2/h10H,6-9H2,1-5H3;8H,4-7H2,1-3H3,(H,13,14);3H,1-2H3;1H3/i;;;1D. The number of rotatable bonds is 2. The van der Waals surface area contributed by atoms with E-state index in [1.807, 2.05) is 55.6 Å². The molecule has 2 N–H and O–H groups in total. The van der Waals surface area contributed by atoms with Crippen LogP contribution in [-0.2, 0) is 19.1 Å². The number of nitrogens with one attached hydrogen (secondary N) is 1. The molecule has 0 aromatic carbocycles. The molecular formula is C27H53FN4O7. The highest BCUT2D eigenvalue weighted by Crippen LogP contribution is 2.21. The number of amides is 3. The zero-order chi connectivity index (χ0) is 31.7. The van der Waals surface area contributed by atoms with E-state index in [4.69, 9.17) is 16.0 Å². The van der Waals surface area contributed by atoms with Crippen LogP contribution in [0.5, 0.6) is 0 Å². The minimum absolute atomic E-state index is 0.0405. The number of carbonyl (C=O) groups excluding carboxylic acids is 3. The Hall–Kier alpha value is -2.63. The number of ether oxygens (including phenoxy) is 2. The molecular weight excluding hydrogens is 511 g/mol. The highest BCUT2D eigenvalue weighted by Gasteiger charge is 2.31. The lowest BCUT2D eigenvalue weighted by Gasteiger charge is -2.33. The van der Waals surface area contributed by atoms with E-state index < -0.39 is 24.3 Å². The molecule has 39 heavy (non-hydrogen) atoms. The number of carboxylic acid groups (broad SMARTS) is 1. The number of hydrogen-bond acceptors (Lipinski definition) is 7. The summed E-state index contributed by atoms with van der Waals surface area (Å²) in [6.45, 7) is 13.1. The molecule has 2 saturated heterocycles. The van der Waals surface area contributed by atoms with Crippen LogP contribution in [-0.4, -0.2) is 117 Å². The second-order valence-corrected chi connectivity index (χ2v) is 11.6. The van der Waals surface area contributed by atoms with Crippen LogP contribution in [0.2, 0.25) is 0 Å². The van der Waals surface area contributed by atoms with Crippen LogP contribution in [0.25, 0.3) is 0 Å². The van der Waals surface area contributed by atoms with Crippen molar-refractivity contribution in [3.05, 3.63) is 0 Å². The summed E-state index contributed by atoms with van der Waals surface area (Å²) in [4.78, 5) is 50.9. The Labute approximate surface area is 235 Å². The molecule has 0 aromatic heterocycles. The summed E-state index contributed by atoms with van der Waals surface area (Å²) in [6, 6.07) is 0. The lowest BCUT2D eigenvalue weighted by atomic mass is 9.96. The van der Waals surface area contributed by atoms with Gasteiger partial charge in [0.05, 0.1) is 14.4 Å². The molecule has 0 aromatic rings. The normalized spacial score (nSPS) is 16.5. The number of carboxylic acids is 1. The second-order valence-electron chi connectivity index (χ2n) is 11.6. The van der Waals surface area contributed by atoms with E-state index in [1.54, 1.807) is 28.8 Å². The van der Waals surface area contributed by atoms with E-state index >= 15 is 0 Å². The third kappa shape index (κ3) is 17.6. The van der Waals surface area contributed by atoms with Crippen LogP contribution in [0, 0.1) is 11.8 Å². The first-order valence-corrected chi connectivity index (χ1v) is 13.2. The SMILES string of the molecule is CC(C)(C)OC(=O)N1CCC(C(=O)O)CC1.CN(C)C(=O)C1CCN(C(=O)OC(C)(C)C)CC1.CNC.[2H]CF. The van der Waals surface area contributed by atoms with Crippen LogP contribution in [0.15, 0.2) is 0 Å². The van der Waals surface area contributed by atoms with Crippen molar-refractivity contribution >= 4 is 24.1 Å². The molecule has 2 fully saturated rings. The van der Waals surface area contributed by atoms with Crippen molar-refractivity contribution < 1.29 is 39.5 Å². The summed E-state index contributed by atoms with van der Waals surface area (Å²) in [5, 5.41) is 11.6. The fourth-order valence-corrected chi connectivity index (χ4v) is 3.64. The van der Waals surface area contributed by atoms with E-state index in [-0.39, 0.29) is 29.9 Å². The Kier molecular flexibility index (Phi) is 17.4. The molecule has 0 unspecified atom stereocenters. The van der Waals surface area contributed by atoms with E-state index in [9.17, 15) is 23.6 Å². The van der Waals surface area contributed by atoms with E-state index in [0.717, 1.165) is 12.8 Å². The molecule has 2 rings (SSSR count). The number of nitrogens with zero attached hydrogens (tertiary/aromatic N) is 3. The zero-order valence-corrected chi connectivity index (χ0v) is 25.6.